The Kier molecular flexibility index (Phi) is 6.38. The fraction of sp³-hybridized carbons (Fsp3) is 0.150. The third-order valence-electron chi connectivity index (χ3n) is 4.38. The molecule has 2 aromatic carbocycles. The van der Waals surface area contributed by atoms with Crippen molar-refractivity contribution in [3.05, 3.63) is 57.1 Å². The summed E-state index contributed by atoms with van der Waals surface area (Å²) in [5.74, 6) is -1.82. The Balaban J connectivity index is 2.10. The molecule has 4 amide bonds. The number of hydrogen-bond acceptors (Lipinski definition) is 5. The van der Waals surface area contributed by atoms with Crippen molar-refractivity contribution in [2.45, 2.75) is 6.18 Å². The fourth-order valence-electron chi connectivity index (χ4n) is 2.92. The predicted molar refractivity (Wildman–Crippen MR) is 110 cm³/mol. The third kappa shape index (κ3) is 4.37. The van der Waals surface area contributed by atoms with Gasteiger partial charge in [-0.2, -0.15) is 13.2 Å². The number of imide groups is 2. The van der Waals surface area contributed by atoms with E-state index in [1.54, 1.807) is 0 Å². The monoisotopic (exact) mass is 488 g/mol. The number of alkyl halides is 3. The molecular weight excluding hydrogens is 476 g/mol. The summed E-state index contributed by atoms with van der Waals surface area (Å²) in [6, 6.07) is 3.68. The number of urea groups is 1. The van der Waals surface area contributed by atoms with Crippen LogP contribution in [0.3, 0.4) is 0 Å². The first-order valence-electron chi connectivity index (χ1n) is 8.67. The molecule has 3 rings (SSSR count). The van der Waals surface area contributed by atoms with Gasteiger partial charge in [-0.05, 0) is 42.0 Å². The number of anilines is 1. The third-order valence-corrected chi connectivity index (χ3v) is 4.98. The lowest BCUT2D eigenvalue weighted by Gasteiger charge is -2.27. The number of barbiturate groups is 1. The number of methoxy groups -OCH3 is 2. The Hall–Kier alpha value is -3.24. The Labute approximate surface area is 189 Å². The summed E-state index contributed by atoms with van der Waals surface area (Å²) in [4.78, 5) is 38.0. The van der Waals surface area contributed by atoms with Crippen LogP contribution < -0.4 is 19.7 Å². The smallest absolute Gasteiger partial charge is 0.416 e. The maximum Gasteiger partial charge on any atom is 0.416 e. The largest absolute Gasteiger partial charge is 0.493 e. The molecule has 1 N–H and O–H groups in total. The zero-order valence-electron chi connectivity index (χ0n) is 16.3. The Morgan fingerprint density at radius 3 is 2.28 bits per heavy atom. The number of halogens is 5. The molecule has 0 aliphatic carbocycles. The van der Waals surface area contributed by atoms with Crippen molar-refractivity contribution in [3.63, 3.8) is 0 Å². The minimum atomic E-state index is -4.75. The number of hydrogen-bond donors (Lipinski definition) is 1. The van der Waals surface area contributed by atoms with Crippen LogP contribution in [-0.2, 0) is 15.8 Å². The van der Waals surface area contributed by atoms with Crippen LogP contribution in [0.5, 0.6) is 11.5 Å². The number of rotatable bonds is 4. The molecule has 0 unspecified atom stereocenters. The van der Waals surface area contributed by atoms with Gasteiger partial charge < -0.3 is 9.47 Å². The first-order chi connectivity index (χ1) is 15.0. The quantitative estimate of drug-likeness (QED) is 0.498. The summed E-state index contributed by atoms with van der Waals surface area (Å²) in [5.41, 5.74) is -1.98. The molecule has 1 saturated heterocycles. The highest BCUT2D eigenvalue weighted by Crippen LogP contribution is 2.38. The van der Waals surface area contributed by atoms with E-state index >= 15 is 0 Å². The van der Waals surface area contributed by atoms with Gasteiger partial charge in [0.25, 0.3) is 11.8 Å². The zero-order chi connectivity index (χ0) is 23.8. The number of carbonyl (C=O) groups is 3. The SMILES string of the molecule is COc1cc(C=C2C(=O)NC(=O)N(c3cc(C(F)(F)F)ccc3Cl)C2=O)cc(Cl)c1OC. The summed E-state index contributed by atoms with van der Waals surface area (Å²) in [7, 11) is 2.71. The molecule has 168 valence electrons. The van der Waals surface area contributed by atoms with Crippen molar-refractivity contribution in [1.82, 2.24) is 5.32 Å². The van der Waals surface area contributed by atoms with Crippen molar-refractivity contribution in [2.75, 3.05) is 19.1 Å². The molecule has 32 heavy (non-hydrogen) atoms. The summed E-state index contributed by atoms with van der Waals surface area (Å²) in [6.45, 7) is 0. The Bertz CT molecular complexity index is 1160. The van der Waals surface area contributed by atoms with Gasteiger partial charge in [0, 0.05) is 0 Å². The average molecular weight is 489 g/mol. The van der Waals surface area contributed by atoms with Gasteiger partial charge in [0.15, 0.2) is 11.5 Å². The van der Waals surface area contributed by atoms with E-state index in [2.05, 4.69) is 0 Å². The summed E-state index contributed by atoms with van der Waals surface area (Å²) in [5, 5.41) is 1.72. The van der Waals surface area contributed by atoms with Gasteiger partial charge in [-0.15, -0.1) is 0 Å². The van der Waals surface area contributed by atoms with E-state index in [0.717, 1.165) is 12.1 Å². The summed E-state index contributed by atoms with van der Waals surface area (Å²) in [6.07, 6.45) is -3.65. The van der Waals surface area contributed by atoms with Crippen LogP contribution in [0.1, 0.15) is 11.1 Å². The second kappa shape index (κ2) is 8.71. The second-order valence-corrected chi connectivity index (χ2v) is 7.17. The van der Waals surface area contributed by atoms with Gasteiger partial charge in [0.05, 0.1) is 35.5 Å². The lowest BCUT2D eigenvalue weighted by molar-refractivity contribution is -0.137. The van der Waals surface area contributed by atoms with Crippen LogP contribution in [0, 0.1) is 0 Å². The minimum absolute atomic E-state index is 0.108. The molecule has 1 heterocycles. The molecule has 0 saturated carbocycles. The van der Waals surface area contributed by atoms with E-state index < -0.39 is 40.8 Å². The van der Waals surface area contributed by atoms with E-state index in [-0.39, 0.29) is 27.1 Å². The Morgan fingerprint density at radius 1 is 1.00 bits per heavy atom. The summed E-state index contributed by atoms with van der Waals surface area (Å²) >= 11 is 12.1. The lowest BCUT2D eigenvalue weighted by atomic mass is 10.1. The highest BCUT2D eigenvalue weighted by atomic mass is 35.5. The van der Waals surface area contributed by atoms with Crippen LogP contribution in [0.25, 0.3) is 6.08 Å². The second-order valence-electron chi connectivity index (χ2n) is 6.36. The highest BCUT2D eigenvalue weighted by Gasteiger charge is 2.39. The van der Waals surface area contributed by atoms with Crippen molar-refractivity contribution in [2.24, 2.45) is 0 Å². The standard InChI is InChI=1S/C20H13Cl2F3N2O5/c1-31-15-7-9(6-13(22)16(15)32-2)5-11-17(28)26-19(30)27(18(11)29)14-8-10(20(23,24)25)3-4-12(14)21/h3-8H,1-2H3,(H,26,28,30). The lowest BCUT2D eigenvalue weighted by Crippen LogP contribution is -2.54. The fourth-order valence-corrected chi connectivity index (χ4v) is 3.42. The number of amides is 4. The molecular formula is C20H13Cl2F3N2O5. The average Bonchev–Trinajstić information content (AvgIpc) is 2.71. The van der Waals surface area contributed by atoms with Gasteiger partial charge in [0.2, 0.25) is 0 Å². The molecule has 7 nitrogen and oxygen atoms in total. The van der Waals surface area contributed by atoms with Gasteiger partial charge in [-0.1, -0.05) is 23.2 Å². The van der Waals surface area contributed by atoms with Crippen LogP contribution in [0.2, 0.25) is 10.0 Å². The van der Waals surface area contributed by atoms with Crippen molar-refractivity contribution >= 4 is 52.8 Å². The topological polar surface area (TPSA) is 84.9 Å². The summed E-state index contributed by atoms with van der Waals surface area (Å²) < 4.78 is 49.6. The zero-order valence-corrected chi connectivity index (χ0v) is 17.9. The van der Waals surface area contributed by atoms with Crippen LogP contribution in [0.4, 0.5) is 23.7 Å². The number of nitrogens with one attached hydrogen (secondary N) is 1. The maximum absolute atomic E-state index is 13.1. The first kappa shape index (κ1) is 23.4. The Morgan fingerprint density at radius 2 is 1.69 bits per heavy atom. The number of benzene rings is 2. The number of nitrogens with zero attached hydrogens (tertiary/aromatic N) is 1. The van der Waals surface area contributed by atoms with Crippen LogP contribution in [0.15, 0.2) is 35.9 Å². The molecule has 0 atom stereocenters. The van der Waals surface area contributed by atoms with Crippen molar-refractivity contribution in [3.8, 4) is 11.5 Å². The molecule has 0 aromatic heterocycles. The molecule has 12 heteroatoms. The highest BCUT2D eigenvalue weighted by molar-refractivity contribution is 6.42. The molecule has 0 radical (unpaired) electrons. The van der Waals surface area contributed by atoms with Gasteiger partial charge >= 0.3 is 12.2 Å². The van der Waals surface area contributed by atoms with Crippen molar-refractivity contribution in [1.29, 1.82) is 0 Å². The van der Waals surface area contributed by atoms with Crippen molar-refractivity contribution < 1.29 is 37.0 Å². The van der Waals surface area contributed by atoms with Crippen LogP contribution in [-0.4, -0.2) is 32.1 Å². The normalized spacial score (nSPS) is 15.8. The molecule has 0 bridgehead atoms. The van der Waals surface area contributed by atoms with E-state index in [1.807, 2.05) is 5.32 Å². The van der Waals surface area contributed by atoms with Crippen LogP contribution >= 0.6 is 23.2 Å². The molecule has 1 aliphatic rings. The van der Waals surface area contributed by atoms with E-state index in [9.17, 15) is 27.6 Å². The van der Waals surface area contributed by atoms with E-state index in [4.69, 9.17) is 32.7 Å². The maximum atomic E-state index is 13.1. The molecule has 0 spiro atoms. The molecule has 1 aliphatic heterocycles. The van der Waals surface area contributed by atoms with Gasteiger partial charge in [-0.25, -0.2) is 9.69 Å². The molecule has 2 aromatic rings. The number of ether oxygens (including phenoxy) is 2. The first-order valence-corrected chi connectivity index (χ1v) is 9.43. The minimum Gasteiger partial charge on any atom is -0.493 e. The van der Waals surface area contributed by atoms with Gasteiger partial charge in [0.1, 0.15) is 5.57 Å². The van der Waals surface area contributed by atoms with E-state index in [1.165, 1.54) is 26.4 Å². The predicted octanol–water partition coefficient (Wildman–Crippen LogP) is 4.70. The number of carbonyl (C=O) groups excluding carboxylic acids is 3. The van der Waals surface area contributed by atoms with E-state index in [0.29, 0.717) is 17.0 Å². The van der Waals surface area contributed by atoms with Gasteiger partial charge in [-0.3, -0.25) is 14.9 Å². The molecule has 1 fully saturated rings.